The molecule has 0 aromatic heterocycles. The summed E-state index contributed by atoms with van der Waals surface area (Å²) in [4.78, 5) is 24.8. The highest BCUT2D eigenvalue weighted by Gasteiger charge is 2.26. The lowest BCUT2D eigenvalue weighted by Crippen LogP contribution is -2.53. The number of nitrogens with zero attached hydrogens (tertiary/aromatic N) is 1. The molecule has 0 aliphatic carbocycles. The Balaban J connectivity index is 1.78. The van der Waals surface area contributed by atoms with Crippen molar-refractivity contribution in [3.8, 4) is 0 Å². The summed E-state index contributed by atoms with van der Waals surface area (Å²) in [6, 6.07) is 0.512. The molecule has 2 saturated heterocycles. The fourth-order valence-electron chi connectivity index (χ4n) is 2.21. The molecule has 0 aromatic rings. The van der Waals surface area contributed by atoms with E-state index in [0.717, 1.165) is 19.4 Å². The lowest BCUT2D eigenvalue weighted by atomic mass is 10.00. The lowest BCUT2D eigenvalue weighted by Gasteiger charge is -2.31. The fraction of sp³-hybridized carbons (Fsp3) is 0.818. The fourth-order valence-corrected chi connectivity index (χ4v) is 3.11. The van der Waals surface area contributed by atoms with Crippen LogP contribution >= 0.6 is 11.8 Å². The molecular formula is C11H19N3O2S. The summed E-state index contributed by atoms with van der Waals surface area (Å²) in [6.07, 6.45) is 2.11. The summed E-state index contributed by atoms with van der Waals surface area (Å²) in [6.45, 7) is 3.31. The molecule has 0 bridgehead atoms. The van der Waals surface area contributed by atoms with Crippen LogP contribution in [0.1, 0.15) is 19.8 Å². The Labute approximate surface area is 106 Å². The average molecular weight is 257 g/mol. The van der Waals surface area contributed by atoms with E-state index in [0.29, 0.717) is 17.7 Å². The highest BCUT2D eigenvalue weighted by Crippen LogP contribution is 2.14. The van der Waals surface area contributed by atoms with Crippen LogP contribution in [0.25, 0.3) is 0 Å². The standard InChI is InChI=1S/C11H19N3O2S/c1-8-9(3-2-4-12-8)13-10(15)5-14-7-17-6-11(14)16/h8-9,12H,2-7H2,1H3,(H,13,15). The second kappa shape index (κ2) is 5.73. The molecule has 2 heterocycles. The Bertz CT molecular complexity index is 311. The molecule has 0 radical (unpaired) electrons. The molecule has 6 heteroatoms. The van der Waals surface area contributed by atoms with Gasteiger partial charge in [-0.2, -0.15) is 0 Å². The molecule has 96 valence electrons. The minimum absolute atomic E-state index is 0.0404. The monoisotopic (exact) mass is 257 g/mol. The Hall–Kier alpha value is -0.750. The Morgan fingerprint density at radius 2 is 2.47 bits per heavy atom. The van der Waals surface area contributed by atoms with Gasteiger partial charge in [-0.05, 0) is 26.3 Å². The molecule has 0 saturated carbocycles. The first-order valence-electron chi connectivity index (χ1n) is 6.05. The van der Waals surface area contributed by atoms with E-state index in [1.165, 1.54) is 0 Å². The zero-order chi connectivity index (χ0) is 12.3. The normalized spacial score (nSPS) is 29.5. The van der Waals surface area contributed by atoms with Gasteiger partial charge in [0, 0.05) is 12.1 Å². The van der Waals surface area contributed by atoms with Crippen molar-refractivity contribution >= 4 is 23.6 Å². The Morgan fingerprint density at radius 1 is 1.65 bits per heavy atom. The summed E-state index contributed by atoms with van der Waals surface area (Å²) in [5.41, 5.74) is 0. The van der Waals surface area contributed by atoms with Crippen LogP contribution in [-0.2, 0) is 9.59 Å². The van der Waals surface area contributed by atoms with E-state index < -0.39 is 0 Å². The van der Waals surface area contributed by atoms with Gasteiger partial charge in [-0.1, -0.05) is 0 Å². The largest absolute Gasteiger partial charge is 0.350 e. The van der Waals surface area contributed by atoms with Gasteiger partial charge in [0.2, 0.25) is 11.8 Å². The van der Waals surface area contributed by atoms with Gasteiger partial charge in [-0.25, -0.2) is 0 Å². The smallest absolute Gasteiger partial charge is 0.239 e. The zero-order valence-corrected chi connectivity index (χ0v) is 10.9. The van der Waals surface area contributed by atoms with E-state index in [1.807, 2.05) is 0 Å². The number of thioether (sulfide) groups is 1. The van der Waals surface area contributed by atoms with Crippen LogP contribution in [0.2, 0.25) is 0 Å². The SMILES string of the molecule is CC1NCCCC1NC(=O)CN1CSCC1=O. The molecule has 2 unspecified atom stereocenters. The van der Waals surface area contributed by atoms with Crippen molar-refractivity contribution in [2.24, 2.45) is 0 Å². The Morgan fingerprint density at radius 3 is 3.12 bits per heavy atom. The molecule has 17 heavy (non-hydrogen) atoms. The topological polar surface area (TPSA) is 61.4 Å². The van der Waals surface area contributed by atoms with Crippen LogP contribution in [0.5, 0.6) is 0 Å². The minimum Gasteiger partial charge on any atom is -0.350 e. The third-order valence-electron chi connectivity index (χ3n) is 3.27. The lowest BCUT2D eigenvalue weighted by molar-refractivity contribution is -0.132. The molecule has 2 aliphatic rings. The van der Waals surface area contributed by atoms with E-state index in [2.05, 4.69) is 17.6 Å². The second-order valence-electron chi connectivity index (χ2n) is 4.63. The number of carbonyl (C=O) groups excluding carboxylic acids is 2. The van der Waals surface area contributed by atoms with E-state index >= 15 is 0 Å². The van der Waals surface area contributed by atoms with Crippen molar-refractivity contribution in [3.63, 3.8) is 0 Å². The quantitative estimate of drug-likeness (QED) is 0.733. The van der Waals surface area contributed by atoms with Gasteiger partial charge in [0.05, 0.1) is 11.6 Å². The third kappa shape index (κ3) is 3.35. The first-order valence-corrected chi connectivity index (χ1v) is 7.20. The van der Waals surface area contributed by atoms with Gasteiger partial charge in [-0.3, -0.25) is 9.59 Å². The van der Waals surface area contributed by atoms with Crippen LogP contribution in [0.3, 0.4) is 0 Å². The van der Waals surface area contributed by atoms with Crippen molar-refractivity contribution in [1.82, 2.24) is 15.5 Å². The van der Waals surface area contributed by atoms with Crippen LogP contribution in [0.4, 0.5) is 0 Å². The maximum atomic E-state index is 11.8. The van der Waals surface area contributed by atoms with Gasteiger partial charge >= 0.3 is 0 Å². The van der Waals surface area contributed by atoms with E-state index in [9.17, 15) is 9.59 Å². The van der Waals surface area contributed by atoms with Crippen LogP contribution in [-0.4, -0.2) is 53.5 Å². The van der Waals surface area contributed by atoms with Crippen molar-refractivity contribution < 1.29 is 9.59 Å². The number of rotatable bonds is 3. The van der Waals surface area contributed by atoms with Gasteiger partial charge in [0.15, 0.2) is 0 Å². The highest BCUT2D eigenvalue weighted by molar-refractivity contribution is 8.00. The van der Waals surface area contributed by atoms with Crippen LogP contribution in [0.15, 0.2) is 0 Å². The number of amides is 2. The summed E-state index contributed by atoms with van der Waals surface area (Å²) >= 11 is 1.56. The maximum absolute atomic E-state index is 11.8. The third-order valence-corrected chi connectivity index (χ3v) is 4.21. The molecule has 2 aliphatic heterocycles. The number of hydrogen-bond acceptors (Lipinski definition) is 4. The summed E-state index contributed by atoms with van der Waals surface area (Å²) in [5, 5.41) is 6.35. The zero-order valence-electron chi connectivity index (χ0n) is 10.1. The molecule has 2 fully saturated rings. The molecule has 2 amide bonds. The molecule has 0 aromatic carbocycles. The molecule has 5 nitrogen and oxygen atoms in total. The maximum Gasteiger partial charge on any atom is 0.239 e. The number of piperidine rings is 1. The molecule has 0 spiro atoms. The second-order valence-corrected chi connectivity index (χ2v) is 5.58. The molecule has 2 rings (SSSR count). The predicted molar refractivity (Wildman–Crippen MR) is 67.7 cm³/mol. The summed E-state index contributed by atoms with van der Waals surface area (Å²) < 4.78 is 0. The predicted octanol–water partition coefficient (Wildman–Crippen LogP) is -0.224. The first-order chi connectivity index (χ1) is 8.16. The van der Waals surface area contributed by atoms with Crippen LogP contribution in [0, 0.1) is 0 Å². The summed E-state index contributed by atoms with van der Waals surface area (Å²) in [5.74, 6) is 1.18. The molecular weight excluding hydrogens is 238 g/mol. The van der Waals surface area contributed by atoms with Crippen molar-refractivity contribution in [3.05, 3.63) is 0 Å². The Kier molecular flexibility index (Phi) is 4.28. The van der Waals surface area contributed by atoms with E-state index in [4.69, 9.17) is 0 Å². The van der Waals surface area contributed by atoms with Crippen molar-refractivity contribution in [2.75, 3.05) is 24.7 Å². The van der Waals surface area contributed by atoms with Crippen LogP contribution < -0.4 is 10.6 Å². The first kappa shape index (κ1) is 12.7. The summed E-state index contributed by atoms with van der Waals surface area (Å²) in [7, 11) is 0. The van der Waals surface area contributed by atoms with Gasteiger partial charge in [0.1, 0.15) is 6.54 Å². The van der Waals surface area contributed by atoms with Gasteiger partial charge in [-0.15, -0.1) is 11.8 Å². The number of carbonyl (C=O) groups is 2. The minimum atomic E-state index is -0.0404. The molecule has 2 N–H and O–H groups in total. The van der Waals surface area contributed by atoms with E-state index in [-0.39, 0.29) is 24.4 Å². The molecule has 2 atom stereocenters. The van der Waals surface area contributed by atoms with Gasteiger partial charge < -0.3 is 15.5 Å². The average Bonchev–Trinajstić information content (AvgIpc) is 2.68. The van der Waals surface area contributed by atoms with E-state index in [1.54, 1.807) is 16.7 Å². The number of nitrogens with one attached hydrogen (secondary N) is 2. The number of hydrogen-bond donors (Lipinski definition) is 2. The highest BCUT2D eigenvalue weighted by atomic mass is 32.2. The van der Waals surface area contributed by atoms with Crippen molar-refractivity contribution in [2.45, 2.75) is 31.8 Å². The van der Waals surface area contributed by atoms with Gasteiger partial charge in [0.25, 0.3) is 0 Å². The van der Waals surface area contributed by atoms with Crippen molar-refractivity contribution in [1.29, 1.82) is 0 Å².